The van der Waals surface area contributed by atoms with Crippen LogP contribution in [0.2, 0.25) is 0 Å². The first-order chi connectivity index (χ1) is 12.6. The number of aromatic amines is 1. The molecule has 0 unspecified atom stereocenters. The molecule has 26 heavy (non-hydrogen) atoms. The number of esters is 1. The second-order valence-electron chi connectivity index (χ2n) is 5.54. The van der Waals surface area contributed by atoms with Crippen LogP contribution >= 0.6 is 0 Å². The average molecular weight is 348 g/mol. The Morgan fingerprint density at radius 2 is 1.88 bits per heavy atom. The highest BCUT2D eigenvalue weighted by atomic mass is 16.5. The monoisotopic (exact) mass is 348 g/mol. The number of carbonyl (C=O) groups excluding carboxylic acids is 2. The number of rotatable bonds is 4. The van der Waals surface area contributed by atoms with Gasteiger partial charge in [-0.05, 0) is 41.8 Å². The van der Waals surface area contributed by atoms with Gasteiger partial charge in [-0.25, -0.2) is 4.79 Å². The predicted molar refractivity (Wildman–Crippen MR) is 100 cm³/mol. The normalized spacial score (nSPS) is 10.8. The summed E-state index contributed by atoms with van der Waals surface area (Å²) in [5.74, 6) is -0.904. The Balaban J connectivity index is 1.77. The van der Waals surface area contributed by atoms with Crippen molar-refractivity contribution < 1.29 is 14.3 Å². The van der Waals surface area contributed by atoms with Gasteiger partial charge in [-0.2, -0.15) is 0 Å². The Kier molecular flexibility index (Phi) is 4.94. The molecule has 2 N–H and O–H groups in total. The SMILES string of the molecule is COC(=O)c1cccc(NC(=O)/C=C/c2cc3ccccc3[nH]c2=O)c1. The average Bonchev–Trinajstić information content (AvgIpc) is 2.66. The van der Waals surface area contributed by atoms with Gasteiger partial charge in [0.05, 0.1) is 12.7 Å². The van der Waals surface area contributed by atoms with E-state index >= 15 is 0 Å². The van der Waals surface area contributed by atoms with Gasteiger partial charge in [0.2, 0.25) is 5.91 Å². The van der Waals surface area contributed by atoms with E-state index in [-0.39, 0.29) is 5.56 Å². The molecule has 0 bridgehead atoms. The van der Waals surface area contributed by atoms with Gasteiger partial charge < -0.3 is 15.0 Å². The molecular weight excluding hydrogens is 332 g/mol. The van der Waals surface area contributed by atoms with Crippen molar-refractivity contribution in [1.82, 2.24) is 4.98 Å². The number of methoxy groups -OCH3 is 1. The largest absolute Gasteiger partial charge is 0.465 e. The van der Waals surface area contributed by atoms with Gasteiger partial charge in [-0.15, -0.1) is 0 Å². The summed E-state index contributed by atoms with van der Waals surface area (Å²) in [6.45, 7) is 0. The Labute approximate surface area is 149 Å². The van der Waals surface area contributed by atoms with Crippen LogP contribution in [0.4, 0.5) is 5.69 Å². The van der Waals surface area contributed by atoms with Crippen molar-refractivity contribution in [3.8, 4) is 0 Å². The fraction of sp³-hybridized carbons (Fsp3) is 0.0500. The lowest BCUT2D eigenvalue weighted by Gasteiger charge is -2.04. The Hall–Kier alpha value is -3.67. The third-order valence-corrected chi connectivity index (χ3v) is 3.75. The fourth-order valence-corrected chi connectivity index (χ4v) is 2.48. The second-order valence-corrected chi connectivity index (χ2v) is 5.54. The third kappa shape index (κ3) is 3.87. The van der Waals surface area contributed by atoms with E-state index in [9.17, 15) is 14.4 Å². The molecule has 0 radical (unpaired) electrons. The number of anilines is 1. The molecule has 0 aliphatic heterocycles. The van der Waals surface area contributed by atoms with Crippen LogP contribution in [0.15, 0.2) is 65.5 Å². The first-order valence-corrected chi connectivity index (χ1v) is 7.86. The van der Waals surface area contributed by atoms with Crippen molar-refractivity contribution in [3.63, 3.8) is 0 Å². The molecule has 130 valence electrons. The second kappa shape index (κ2) is 7.48. The molecule has 0 atom stereocenters. The first kappa shape index (κ1) is 17.2. The highest BCUT2D eigenvalue weighted by molar-refractivity contribution is 6.02. The van der Waals surface area contributed by atoms with E-state index in [2.05, 4.69) is 15.0 Å². The summed E-state index contributed by atoms with van der Waals surface area (Å²) in [5, 5.41) is 3.52. The predicted octanol–water partition coefficient (Wildman–Crippen LogP) is 2.97. The van der Waals surface area contributed by atoms with Crippen LogP contribution in [-0.2, 0) is 9.53 Å². The Morgan fingerprint density at radius 1 is 1.08 bits per heavy atom. The molecule has 6 nitrogen and oxygen atoms in total. The van der Waals surface area contributed by atoms with Crippen LogP contribution in [0.3, 0.4) is 0 Å². The van der Waals surface area contributed by atoms with Crippen molar-refractivity contribution in [2.45, 2.75) is 0 Å². The molecule has 1 amide bonds. The zero-order chi connectivity index (χ0) is 18.5. The van der Waals surface area contributed by atoms with E-state index in [1.54, 1.807) is 24.3 Å². The number of ether oxygens (including phenoxy) is 1. The highest BCUT2D eigenvalue weighted by Gasteiger charge is 2.07. The summed E-state index contributed by atoms with van der Waals surface area (Å²) in [4.78, 5) is 38.4. The molecule has 0 fully saturated rings. The topological polar surface area (TPSA) is 88.3 Å². The van der Waals surface area contributed by atoms with E-state index in [1.165, 1.54) is 25.3 Å². The molecule has 1 heterocycles. The van der Waals surface area contributed by atoms with Gasteiger partial charge >= 0.3 is 5.97 Å². The highest BCUT2D eigenvalue weighted by Crippen LogP contribution is 2.13. The van der Waals surface area contributed by atoms with Crippen LogP contribution in [0.25, 0.3) is 17.0 Å². The number of aromatic nitrogens is 1. The summed E-state index contributed by atoms with van der Waals surface area (Å²) in [5.41, 5.74) is 1.62. The van der Waals surface area contributed by atoms with Crippen molar-refractivity contribution in [3.05, 3.63) is 82.2 Å². The minimum Gasteiger partial charge on any atom is -0.465 e. The van der Waals surface area contributed by atoms with Crippen molar-refractivity contribution in [2.24, 2.45) is 0 Å². The van der Waals surface area contributed by atoms with Crippen LogP contribution in [-0.4, -0.2) is 24.0 Å². The zero-order valence-electron chi connectivity index (χ0n) is 14.0. The van der Waals surface area contributed by atoms with Crippen molar-refractivity contribution in [1.29, 1.82) is 0 Å². The summed E-state index contributed by atoms with van der Waals surface area (Å²) in [6.07, 6.45) is 2.72. The Morgan fingerprint density at radius 3 is 2.69 bits per heavy atom. The quantitative estimate of drug-likeness (QED) is 0.560. The summed E-state index contributed by atoms with van der Waals surface area (Å²) >= 11 is 0. The van der Waals surface area contributed by atoms with Crippen molar-refractivity contribution in [2.75, 3.05) is 12.4 Å². The molecule has 0 saturated heterocycles. The molecule has 6 heteroatoms. The number of benzene rings is 2. The molecule has 3 rings (SSSR count). The van der Waals surface area contributed by atoms with E-state index in [0.717, 1.165) is 10.9 Å². The first-order valence-electron chi connectivity index (χ1n) is 7.86. The summed E-state index contributed by atoms with van der Waals surface area (Å²) < 4.78 is 4.65. The maximum absolute atomic E-state index is 12.1. The van der Waals surface area contributed by atoms with Gasteiger partial charge in [-0.3, -0.25) is 9.59 Å². The maximum Gasteiger partial charge on any atom is 0.337 e. The molecule has 0 saturated carbocycles. The van der Waals surface area contributed by atoms with Gasteiger partial charge in [0.15, 0.2) is 0 Å². The van der Waals surface area contributed by atoms with E-state index in [4.69, 9.17) is 0 Å². The number of nitrogens with one attached hydrogen (secondary N) is 2. The third-order valence-electron chi connectivity index (χ3n) is 3.75. The van der Waals surface area contributed by atoms with Crippen LogP contribution in [0.1, 0.15) is 15.9 Å². The minimum absolute atomic E-state index is 0.277. The molecule has 2 aromatic carbocycles. The summed E-state index contributed by atoms with van der Waals surface area (Å²) in [6, 6.07) is 15.5. The smallest absolute Gasteiger partial charge is 0.337 e. The number of carbonyl (C=O) groups is 2. The van der Waals surface area contributed by atoms with E-state index in [1.807, 2.05) is 24.3 Å². The van der Waals surface area contributed by atoms with Gasteiger partial charge in [0.25, 0.3) is 5.56 Å². The Bertz CT molecular complexity index is 1070. The van der Waals surface area contributed by atoms with E-state index in [0.29, 0.717) is 16.8 Å². The van der Waals surface area contributed by atoms with Gasteiger partial charge in [-0.1, -0.05) is 24.3 Å². The molecule has 3 aromatic rings. The van der Waals surface area contributed by atoms with Crippen molar-refractivity contribution >= 4 is 34.5 Å². The number of H-pyrrole nitrogens is 1. The van der Waals surface area contributed by atoms with Crippen LogP contribution in [0.5, 0.6) is 0 Å². The molecule has 0 aliphatic rings. The van der Waals surface area contributed by atoms with E-state index < -0.39 is 11.9 Å². The van der Waals surface area contributed by atoms with Gasteiger partial charge in [0, 0.05) is 22.8 Å². The van der Waals surface area contributed by atoms with Gasteiger partial charge in [0.1, 0.15) is 0 Å². The minimum atomic E-state index is -0.487. The molecule has 0 spiro atoms. The lowest BCUT2D eigenvalue weighted by molar-refractivity contribution is -0.111. The van der Waals surface area contributed by atoms with Crippen LogP contribution in [0, 0.1) is 0 Å². The number of amides is 1. The van der Waals surface area contributed by atoms with Crippen LogP contribution < -0.4 is 10.9 Å². The fourth-order valence-electron chi connectivity index (χ4n) is 2.48. The number of para-hydroxylation sites is 1. The lowest BCUT2D eigenvalue weighted by atomic mass is 10.1. The molecule has 1 aromatic heterocycles. The summed E-state index contributed by atoms with van der Waals surface area (Å²) in [7, 11) is 1.29. The standard InChI is InChI=1S/C20H16N2O4/c1-26-20(25)15-6-4-7-16(12-15)21-18(23)10-9-14-11-13-5-2-3-8-17(13)22-19(14)24/h2-12H,1H3,(H,21,23)(H,22,24)/b10-9+. The molecular formula is C20H16N2O4. The lowest BCUT2D eigenvalue weighted by Crippen LogP contribution is -2.11. The molecule has 0 aliphatic carbocycles. The number of hydrogen-bond acceptors (Lipinski definition) is 4. The number of hydrogen-bond donors (Lipinski definition) is 2. The zero-order valence-corrected chi connectivity index (χ0v) is 14.0. The number of pyridine rings is 1. The maximum atomic E-state index is 12.1. The number of fused-ring (bicyclic) bond motifs is 1.